The molecule has 3 unspecified atom stereocenters. The van der Waals surface area contributed by atoms with Gasteiger partial charge >= 0.3 is 0 Å². The maximum atomic E-state index is 5.78. The molecule has 0 spiro atoms. The fourth-order valence-electron chi connectivity index (χ4n) is 2.74. The third kappa shape index (κ3) is 2.39. The second-order valence-corrected chi connectivity index (χ2v) is 6.07. The molecule has 2 saturated heterocycles. The van der Waals surface area contributed by atoms with Crippen molar-refractivity contribution in [2.24, 2.45) is 5.92 Å². The van der Waals surface area contributed by atoms with Crippen molar-refractivity contribution in [1.29, 1.82) is 0 Å². The summed E-state index contributed by atoms with van der Waals surface area (Å²) in [6, 6.07) is 8.63. The Morgan fingerprint density at radius 3 is 3.06 bits per heavy atom. The van der Waals surface area contributed by atoms with Crippen LogP contribution < -0.4 is 10.6 Å². The molecule has 1 aromatic carbocycles. The molecule has 96 valence electrons. The number of hydrogen-bond donors (Lipinski definition) is 2. The first-order valence-electron chi connectivity index (χ1n) is 6.18. The summed E-state index contributed by atoms with van der Waals surface area (Å²) in [6.07, 6.45) is 2.32. The zero-order valence-corrected chi connectivity index (χ0v) is 12.3. The highest BCUT2D eigenvalue weighted by Gasteiger charge is 2.38. The van der Waals surface area contributed by atoms with Crippen molar-refractivity contribution in [3.8, 4) is 0 Å². The Bertz CT molecular complexity index is 468. The van der Waals surface area contributed by atoms with E-state index in [1.54, 1.807) is 0 Å². The van der Waals surface area contributed by atoms with Gasteiger partial charge in [-0.1, -0.05) is 28.1 Å². The molecule has 0 amide bonds. The number of nitrogens with one attached hydrogen (secondary N) is 2. The molecule has 0 aromatic heterocycles. The summed E-state index contributed by atoms with van der Waals surface area (Å²) in [5.41, 5.74) is 1.26. The number of benzene rings is 1. The van der Waals surface area contributed by atoms with Gasteiger partial charge in [-0.25, -0.2) is 0 Å². The van der Waals surface area contributed by atoms with E-state index in [0.717, 1.165) is 23.9 Å². The van der Waals surface area contributed by atoms with Gasteiger partial charge in [0.15, 0.2) is 5.11 Å². The third-order valence-corrected chi connectivity index (χ3v) is 4.29. The molecule has 2 heterocycles. The van der Waals surface area contributed by atoms with Crippen LogP contribution in [0.4, 0.5) is 0 Å². The largest absolute Gasteiger partial charge is 0.358 e. The van der Waals surface area contributed by atoms with Crippen LogP contribution >= 0.6 is 28.1 Å². The van der Waals surface area contributed by atoms with Crippen LogP contribution in [0, 0.1) is 5.92 Å². The van der Waals surface area contributed by atoms with Gasteiger partial charge in [-0.2, -0.15) is 0 Å². The first kappa shape index (κ1) is 12.4. The lowest BCUT2D eigenvalue weighted by Crippen LogP contribution is -2.58. The molecule has 2 fully saturated rings. The molecule has 5 heteroatoms. The standard InChI is InChI=1S/C13H15BrN2OS/c14-9-4-1-3-8(7-9)11-10-5-2-6-17-12(10)16-13(18)15-11/h1,3-4,7,10-12H,2,5-6H2,(H2,15,16,18). The Balaban J connectivity index is 1.90. The number of thiocarbonyl (C=S) groups is 1. The molecule has 0 radical (unpaired) electrons. The van der Waals surface area contributed by atoms with E-state index in [9.17, 15) is 0 Å². The smallest absolute Gasteiger partial charge is 0.168 e. The van der Waals surface area contributed by atoms with E-state index in [0.29, 0.717) is 11.0 Å². The lowest BCUT2D eigenvalue weighted by molar-refractivity contribution is -0.0536. The molecule has 3 rings (SSSR count). The van der Waals surface area contributed by atoms with Crippen LogP contribution in [0.3, 0.4) is 0 Å². The highest BCUT2D eigenvalue weighted by molar-refractivity contribution is 9.10. The Kier molecular flexibility index (Phi) is 3.54. The first-order chi connectivity index (χ1) is 8.74. The fraction of sp³-hybridized carbons (Fsp3) is 0.462. The predicted octanol–water partition coefficient (Wildman–Crippen LogP) is 2.72. The van der Waals surface area contributed by atoms with Gasteiger partial charge in [-0.05, 0) is 42.8 Å². The van der Waals surface area contributed by atoms with Gasteiger partial charge in [0, 0.05) is 17.0 Å². The summed E-state index contributed by atoms with van der Waals surface area (Å²) in [6.45, 7) is 0.821. The van der Waals surface area contributed by atoms with Crippen LogP contribution in [0.5, 0.6) is 0 Å². The summed E-state index contributed by atoms with van der Waals surface area (Å²) in [4.78, 5) is 0. The predicted molar refractivity (Wildman–Crippen MR) is 78.2 cm³/mol. The molecule has 18 heavy (non-hydrogen) atoms. The van der Waals surface area contributed by atoms with E-state index in [-0.39, 0.29) is 12.3 Å². The van der Waals surface area contributed by atoms with E-state index < -0.39 is 0 Å². The van der Waals surface area contributed by atoms with Crippen LogP contribution in [0.25, 0.3) is 0 Å². The van der Waals surface area contributed by atoms with Crippen LogP contribution in [0.15, 0.2) is 28.7 Å². The van der Waals surface area contributed by atoms with Crippen molar-refractivity contribution in [3.63, 3.8) is 0 Å². The van der Waals surface area contributed by atoms with Gasteiger partial charge in [0.1, 0.15) is 6.23 Å². The van der Waals surface area contributed by atoms with Crippen molar-refractivity contribution in [2.45, 2.75) is 25.1 Å². The molecule has 3 atom stereocenters. The summed E-state index contributed by atoms with van der Waals surface area (Å²) in [5, 5.41) is 7.28. The van der Waals surface area contributed by atoms with Gasteiger partial charge < -0.3 is 15.4 Å². The van der Waals surface area contributed by atoms with Gasteiger partial charge in [-0.15, -0.1) is 0 Å². The third-order valence-electron chi connectivity index (χ3n) is 3.56. The maximum Gasteiger partial charge on any atom is 0.168 e. The van der Waals surface area contributed by atoms with Crippen molar-refractivity contribution in [1.82, 2.24) is 10.6 Å². The van der Waals surface area contributed by atoms with Gasteiger partial charge in [0.25, 0.3) is 0 Å². The average molecular weight is 327 g/mol. The normalized spacial score (nSPS) is 31.2. The highest BCUT2D eigenvalue weighted by atomic mass is 79.9. The van der Waals surface area contributed by atoms with Crippen molar-refractivity contribution in [3.05, 3.63) is 34.3 Å². The van der Waals surface area contributed by atoms with Gasteiger partial charge in [-0.3, -0.25) is 0 Å². The minimum atomic E-state index is 0.0523. The van der Waals surface area contributed by atoms with E-state index in [2.05, 4.69) is 44.8 Å². The molecule has 1 aromatic rings. The fourth-order valence-corrected chi connectivity index (χ4v) is 3.40. The topological polar surface area (TPSA) is 33.3 Å². The Morgan fingerprint density at radius 1 is 1.33 bits per heavy atom. The first-order valence-corrected chi connectivity index (χ1v) is 7.38. The number of ether oxygens (including phenoxy) is 1. The van der Waals surface area contributed by atoms with Crippen LogP contribution in [0.1, 0.15) is 24.4 Å². The molecule has 0 bridgehead atoms. The molecular weight excluding hydrogens is 312 g/mol. The Labute approximate surface area is 120 Å². The minimum absolute atomic E-state index is 0.0523. The van der Waals surface area contributed by atoms with Crippen molar-refractivity contribution in [2.75, 3.05) is 6.61 Å². The molecule has 0 saturated carbocycles. The number of hydrogen-bond acceptors (Lipinski definition) is 2. The van der Waals surface area contributed by atoms with E-state index in [1.807, 2.05) is 6.07 Å². The summed E-state index contributed by atoms with van der Waals surface area (Å²) < 4.78 is 6.88. The second-order valence-electron chi connectivity index (χ2n) is 4.75. The number of fused-ring (bicyclic) bond motifs is 1. The Morgan fingerprint density at radius 2 is 2.22 bits per heavy atom. The monoisotopic (exact) mass is 326 g/mol. The van der Waals surface area contributed by atoms with Gasteiger partial charge in [0.2, 0.25) is 0 Å². The molecular formula is C13H15BrN2OS. The summed E-state index contributed by atoms with van der Waals surface area (Å²) in [7, 11) is 0. The summed E-state index contributed by atoms with van der Waals surface area (Å²) in [5.74, 6) is 0.430. The minimum Gasteiger partial charge on any atom is -0.358 e. The van der Waals surface area contributed by atoms with Crippen LogP contribution in [-0.2, 0) is 4.74 Å². The van der Waals surface area contributed by atoms with Crippen LogP contribution in [-0.4, -0.2) is 17.9 Å². The second kappa shape index (κ2) is 5.15. The lowest BCUT2D eigenvalue weighted by Gasteiger charge is -2.43. The molecule has 0 aliphatic carbocycles. The molecule has 2 aliphatic rings. The van der Waals surface area contributed by atoms with Gasteiger partial charge in [0.05, 0.1) is 6.04 Å². The van der Waals surface area contributed by atoms with Crippen LogP contribution in [0.2, 0.25) is 0 Å². The quantitative estimate of drug-likeness (QED) is 0.777. The SMILES string of the molecule is S=C1NC2OCCCC2C(c2cccc(Br)c2)N1. The van der Waals surface area contributed by atoms with E-state index >= 15 is 0 Å². The van der Waals surface area contributed by atoms with Crippen molar-refractivity contribution >= 4 is 33.3 Å². The Hall–Kier alpha value is -0.650. The number of halogens is 1. The van der Waals surface area contributed by atoms with E-state index in [1.165, 1.54) is 5.56 Å². The molecule has 2 N–H and O–H groups in total. The maximum absolute atomic E-state index is 5.78. The molecule has 2 aliphatic heterocycles. The highest BCUT2D eigenvalue weighted by Crippen LogP contribution is 2.35. The molecule has 3 nitrogen and oxygen atoms in total. The zero-order chi connectivity index (χ0) is 12.5. The average Bonchev–Trinajstić information content (AvgIpc) is 2.37. The zero-order valence-electron chi connectivity index (χ0n) is 9.86. The van der Waals surface area contributed by atoms with E-state index in [4.69, 9.17) is 17.0 Å². The number of rotatable bonds is 1. The summed E-state index contributed by atoms with van der Waals surface area (Å²) >= 11 is 8.79. The van der Waals surface area contributed by atoms with Crippen molar-refractivity contribution < 1.29 is 4.74 Å². The lowest BCUT2D eigenvalue weighted by atomic mass is 9.85.